The van der Waals surface area contributed by atoms with Gasteiger partial charge in [0.2, 0.25) is 5.91 Å². The summed E-state index contributed by atoms with van der Waals surface area (Å²) >= 11 is 0. The summed E-state index contributed by atoms with van der Waals surface area (Å²) in [4.78, 5) is 14.3. The van der Waals surface area contributed by atoms with Crippen LogP contribution in [0.5, 0.6) is 0 Å². The average molecular weight is 406 g/mol. The molecular weight excluding hydrogens is 374 g/mol. The summed E-state index contributed by atoms with van der Waals surface area (Å²) < 4.78 is 0. The van der Waals surface area contributed by atoms with Gasteiger partial charge in [-0.15, -0.1) is 0 Å². The fourth-order valence-corrected chi connectivity index (χ4v) is 3.19. The van der Waals surface area contributed by atoms with Gasteiger partial charge in [0.05, 0.1) is 6.54 Å². The smallest absolute Gasteiger partial charge is 0.228 e. The lowest BCUT2D eigenvalue weighted by atomic mass is 10.0. The molecule has 1 amide bonds. The lowest BCUT2D eigenvalue weighted by Gasteiger charge is -2.29. The Labute approximate surface area is 179 Å². The third-order valence-corrected chi connectivity index (χ3v) is 4.75. The normalized spacial score (nSPS) is 10.3. The molecule has 0 radical (unpaired) electrons. The van der Waals surface area contributed by atoms with Crippen molar-refractivity contribution >= 4 is 23.1 Å². The first-order valence-corrected chi connectivity index (χ1v) is 10.0. The summed E-state index contributed by atoms with van der Waals surface area (Å²) in [6, 6.07) is 11.5. The molecule has 6 heteroatoms. The molecule has 30 heavy (non-hydrogen) atoms. The Kier molecular flexibility index (Phi) is 8.02. The molecule has 2 aromatic carbocycles. The summed E-state index contributed by atoms with van der Waals surface area (Å²) in [5.41, 5.74) is 16.6. The Balaban J connectivity index is 2.14. The Morgan fingerprint density at radius 2 is 1.83 bits per heavy atom. The highest BCUT2D eigenvalue weighted by atomic mass is 16.2. The van der Waals surface area contributed by atoms with Gasteiger partial charge in [0.1, 0.15) is 5.84 Å². The van der Waals surface area contributed by atoms with Crippen LogP contribution in [0.3, 0.4) is 0 Å². The zero-order chi connectivity index (χ0) is 22.3. The van der Waals surface area contributed by atoms with Crippen LogP contribution in [0.2, 0.25) is 0 Å². The highest BCUT2D eigenvalue weighted by Gasteiger charge is 2.20. The molecule has 6 nitrogen and oxygen atoms in total. The molecule has 0 aromatic heterocycles. The molecule has 6 N–H and O–H groups in total. The van der Waals surface area contributed by atoms with Crippen molar-refractivity contribution in [1.82, 2.24) is 0 Å². The van der Waals surface area contributed by atoms with Crippen molar-refractivity contribution in [3.05, 3.63) is 58.7 Å². The van der Waals surface area contributed by atoms with E-state index in [2.05, 4.69) is 17.2 Å². The number of hydrogen-bond donors (Lipinski definition) is 4. The molecule has 2 aromatic rings. The minimum absolute atomic E-state index is 0.0359. The number of nitrogen functional groups attached to an aromatic ring is 1. The van der Waals surface area contributed by atoms with Gasteiger partial charge in [0, 0.05) is 41.5 Å². The van der Waals surface area contributed by atoms with E-state index in [1.54, 1.807) is 12.1 Å². The van der Waals surface area contributed by atoms with E-state index in [9.17, 15) is 4.79 Å². The van der Waals surface area contributed by atoms with Gasteiger partial charge in [0.25, 0.3) is 0 Å². The van der Waals surface area contributed by atoms with Gasteiger partial charge >= 0.3 is 0 Å². The maximum atomic E-state index is 12.5. The minimum Gasteiger partial charge on any atom is -0.384 e. The van der Waals surface area contributed by atoms with Crippen LogP contribution in [0.25, 0.3) is 0 Å². The van der Waals surface area contributed by atoms with Crippen molar-refractivity contribution in [1.29, 1.82) is 5.41 Å². The van der Waals surface area contributed by atoms with Crippen LogP contribution in [0.4, 0.5) is 11.4 Å². The second-order valence-electron chi connectivity index (χ2n) is 7.50. The van der Waals surface area contributed by atoms with E-state index in [1.165, 1.54) is 0 Å². The molecule has 0 atom stereocenters. The quantitative estimate of drug-likeness (QED) is 0.322. The van der Waals surface area contributed by atoms with Crippen molar-refractivity contribution < 1.29 is 4.79 Å². The predicted molar refractivity (Wildman–Crippen MR) is 125 cm³/mol. The fraction of sp³-hybridized carbons (Fsp3) is 0.333. The first kappa shape index (κ1) is 23.0. The summed E-state index contributed by atoms with van der Waals surface area (Å²) in [5.74, 6) is 6.45. The number of benzene rings is 2. The number of aryl methyl sites for hydroxylation is 2. The molecular formula is C24H31N5O. The molecule has 0 saturated heterocycles. The molecule has 0 saturated carbocycles. The van der Waals surface area contributed by atoms with Gasteiger partial charge in [-0.2, -0.15) is 0 Å². The third-order valence-electron chi connectivity index (χ3n) is 4.75. The summed E-state index contributed by atoms with van der Waals surface area (Å²) in [6.45, 7) is 8.85. The highest BCUT2D eigenvalue weighted by Crippen LogP contribution is 2.26. The number of amides is 1. The maximum absolute atomic E-state index is 12.5. The standard InChI is InChI=1S/C24H31N5O/c1-16(2)29(23(30)11-12-25)22-15-17(3)20(14-18(22)4)6-5-13-28-21-9-7-19(8-10-21)24(26)27/h7-10,14-16,28H,11-13,25H2,1-4H3,(H3,26,27). The third kappa shape index (κ3) is 5.85. The van der Waals surface area contributed by atoms with Crippen LogP contribution in [0.1, 0.15) is 42.5 Å². The summed E-state index contributed by atoms with van der Waals surface area (Å²) in [6.07, 6.45) is 0.331. The van der Waals surface area contributed by atoms with Crippen LogP contribution in [0.15, 0.2) is 36.4 Å². The minimum atomic E-state index is 0.0359. The van der Waals surface area contributed by atoms with Crippen LogP contribution < -0.4 is 21.7 Å². The molecule has 158 valence electrons. The Morgan fingerprint density at radius 1 is 1.17 bits per heavy atom. The van der Waals surface area contributed by atoms with Crippen LogP contribution in [-0.4, -0.2) is 30.9 Å². The van der Waals surface area contributed by atoms with E-state index in [0.29, 0.717) is 25.1 Å². The van der Waals surface area contributed by atoms with Crippen molar-refractivity contribution in [2.24, 2.45) is 11.5 Å². The zero-order valence-electron chi connectivity index (χ0n) is 18.2. The Hall–Kier alpha value is -3.30. The van der Waals surface area contributed by atoms with E-state index in [0.717, 1.165) is 28.1 Å². The van der Waals surface area contributed by atoms with Gasteiger partial charge in [-0.05, 0) is 75.2 Å². The van der Waals surface area contributed by atoms with Gasteiger partial charge in [0.15, 0.2) is 0 Å². The zero-order valence-corrected chi connectivity index (χ0v) is 18.2. The van der Waals surface area contributed by atoms with Crippen molar-refractivity contribution in [2.45, 2.75) is 40.2 Å². The summed E-state index contributed by atoms with van der Waals surface area (Å²) in [5, 5.41) is 10.7. The topological polar surface area (TPSA) is 108 Å². The number of carbonyl (C=O) groups is 1. The van der Waals surface area contributed by atoms with Crippen molar-refractivity contribution in [2.75, 3.05) is 23.3 Å². The maximum Gasteiger partial charge on any atom is 0.228 e. The predicted octanol–water partition coefficient (Wildman–Crippen LogP) is 3.14. The number of nitrogens with two attached hydrogens (primary N) is 2. The van der Waals surface area contributed by atoms with E-state index >= 15 is 0 Å². The number of rotatable bonds is 7. The van der Waals surface area contributed by atoms with Crippen LogP contribution in [0, 0.1) is 31.1 Å². The van der Waals surface area contributed by atoms with Gasteiger partial charge in [-0.1, -0.05) is 11.8 Å². The number of nitrogens with one attached hydrogen (secondary N) is 2. The van der Waals surface area contributed by atoms with E-state index < -0.39 is 0 Å². The number of amidine groups is 1. The number of carbonyl (C=O) groups excluding carboxylic acids is 1. The monoisotopic (exact) mass is 405 g/mol. The highest BCUT2D eigenvalue weighted by molar-refractivity contribution is 5.95. The molecule has 0 fully saturated rings. The SMILES string of the molecule is Cc1cc(N(C(=O)CCN)C(C)C)c(C)cc1C#CCNc1ccc(C(=N)N)cc1. The first-order chi connectivity index (χ1) is 14.2. The molecule has 0 aliphatic rings. The molecule has 0 unspecified atom stereocenters. The van der Waals surface area contributed by atoms with Crippen molar-refractivity contribution in [3.8, 4) is 11.8 Å². The summed E-state index contributed by atoms with van der Waals surface area (Å²) in [7, 11) is 0. The van der Waals surface area contributed by atoms with Gasteiger partial charge in [-0.25, -0.2) is 0 Å². The lowest BCUT2D eigenvalue weighted by molar-refractivity contribution is -0.118. The first-order valence-electron chi connectivity index (χ1n) is 10.0. The lowest BCUT2D eigenvalue weighted by Crippen LogP contribution is -2.38. The second kappa shape index (κ2) is 10.5. The molecule has 0 aliphatic carbocycles. The second-order valence-corrected chi connectivity index (χ2v) is 7.50. The van der Waals surface area contributed by atoms with Crippen LogP contribution in [-0.2, 0) is 4.79 Å². The number of anilines is 2. The van der Waals surface area contributed by atoms with E-state index in [-0.39, 0.29) is 17.8 Å². The molecule has 0 spiro atoms. The largest absolute Gasteiger partial charge is 0.384 e. The van der Waals surface area contributed by atoms with Crippen molar-refractivity contribution in [3.63, 3.8) is 0 Å². The van der Waals surface area contributed by atoms with Gasteiger partial charge < -0.3 is 21.7 Å². The molecule has 0 heterocycles. The van der Waals surface area contributed by atoms with Crippen LogP contribution >= 0.6 is 0 Å². The Bertz CT molecular complexity index is 968. The molecule has 0 aliphatic heterocycles. The van der Waals surface area contributed by atoms with Gasteiger partial charge in [-0.3, -0.25) is 10.2 Å². The Morgan fingerprint density at radius 3 is 2.40 bits per heavy atom. The van der Waals surface area contributed by atoms with E-state index in [4.69, 9.17) is 16.9 Å². The number of hydrogen-bond acceptors (Lipinski definition) is 4. The number of nitrogens with zero attached hydrogens (tertiary/aromatic N) is 1. The molecule has 0 bridgehead atoms. The molecule has 2 rings (SSSR count). The van der Waals surface area contributed by atoms with E-state index in [1.807, 2.05) is 56.9 Å². The average Bonchev–Trinajstić information content (AvgIpc) is 2.69. The fourth-order valence-electron chi connectivity index (χ4n) is 3.19.